The highest BCUT2D eigenvalue weighted by Crippen LogP contribution is 2.26. The SMILES string of the molecule is Cc1cccc2c1ccn2Cc1c(N)cccc1Cl. The number of nitrogens with two attached hydrogens (primary N) is 1. The lowest BCUT2D eigenvalue weighted by molar-refractivity contribution is 0.839. The Morgan fingerprint density at radius 2 is 1.89 bits per heavy atom. The van der Waals surface area contributed by atoms with Crippen LogP contribution in [0.15, 0.2) is 48.7 Å². The van der Waals surface area contributed by atoms with Crippen LogP contribution in [0.4, 0.5) is 5.69 Å². The topological polar surface area (TPSA) is 30.9 Å². The fourth-order valence-corrected chi connectivity index (χ4v) is 2.67. The first-order valence-corrected chi connectivity index (χ1v) is 6.62. The number of anilines is 1. The molecule has 0 aliphatic carbocycles. The van der Waals surface area contributed by atoms with Crippen molar-refractivity contribution < 1.29 is 0 Å². The molecule has 0 spiro atoms. The Morgan fingerprint density at radius 1 is 1.11 bits per heavy atom. The van der Waals surface area contributed by atoms with Crippen molar-refractivity contribution in [1.29, 1.82) is 0 Å². The Morgan fingerprint density at radius 3 is 2.68 bits per heavy atom. The number of halogens is 1. The number of aryl methyl sites for hydroxylation is 1. The molecule has 3 rings (SSSR count). The zero-order chi connectivity index (χ0) is 13.4. The number of aromatic nitrogens is 1. The number of fused-ring (bicyclic) bond motifs is 1. The van der Waals surface area contributed by atoms with Gasteiger partial charge in [-0.15, -0.1) is 0 Å². The molecule has 2 aromatic carbocycles. The predicted molar refractivity (Wildman–Crippen MR) is 81.6 cm³/mol. The lowest BCUT2D eigenvalue weighted by Crippen LogP contribution is -2.02. The summed E-state index contributed by atoms with van der Waals surface area (Å²) >= 11 is 6.24. The van der Waals surface area contributed by atoms with Gasteiger partial charge in [-0.3, -0.25) is 0 Å². The number of benzene rings is 2. The molecule has 0 amide bonds. The van der Waals surface area contributed by atoms with Gasteiger partial charge in [0.15, 0.2) is 0 Å². The first-order chi connectivity index (χ1) is 9.16. The fraction of sp³-hybridized carbons (Fsp3) is 0.125. The average Bonchev–Trinajstić information content (AvgIpc) is 2.79. The van der Waals surface area contributed by atoms with E-state index in [9.17, 15) is 0 Å². The third-order valence-corrected chi connectivity index (χ3v) is 3.87. The molecule has 0 radical (unpaired) electrons. The minimum atomic E-state index is 0.693. The van der Waals surface area contributed by atoms with E-state index in [2.05, 4.69) is 42.0 Å². The van der Waals surface area contributed by atoms with Gasteiger partial charge >= 0.3 is 0 Å². The normalized spacial score (nSPS) is 11.1. The zero-order valence-electron chi connectivity index (χ0n) is 10.7. The molecule has 3 aromatic rings. The summed E-state index contributed by atoms with van der Waals surface area (Å²) in [5, 5.41) is 1.99. The molecule has 0 atom stereocenters. The van der Waals surface area contributed by atoms with Crippen LogP contribution in [0.5, 0.6) is 0 Å². The molecule has 0 bridgehead atoms. The van der Waals surface area contributed by atoms with Gasteiger partial charge in [0.25, 0.3) is 0 Å². The molecule has 2 nitrogen and oxygen atoms in total. The van der Waals surface area contributed by atoms with Crippen LogP contribution < -0.4 is 5.73 Å². The van der Waals surface area contributed by atoms with E-state index in [-0.39, 0.29) is 0 Å². The molecule has 0 fully saturated rings. The van der Waals surface area contributed by atoms with Crippen LogP contribution in [-0.4, -0.2) is 4.57 Å². The molecule has 0 unspecified atom stereocenters. The maximum atomic E-state index is 6.24. The van der Waals surface area contributed by atoms with Crippen molar-refractivity contribution in [1.82, 2.24) is 4.57 Å². The largest absolute Gasteiger partial charge is 0.398 e. The molecule has 0 saturated carbocycles. The number of rotatable bonds is 2. The van der Waals surface area contributed by atoms with Gasteiger partial charge in [-0.2, -0.15) is 0 Å². The van der Waals surface area contributed by atoms with Crippen LogP contribution in [0.2, 0.25) is 5.02 Å². The number of nitrogen functional groups attached to an aromatic ring is 1. The van der Waals surface area contributed by atoms with Crippen molar-refractivity contribution in [3.05, 3.63) is 64.8 Å². The van der Waals surface area contributed by atoms with Crippen molar-refractivity contribution in [3.63, 3.8) is 0 Å². The third-order valence-electron chi connectivity index (χ3n) is 3.52. The van der Waals surface area contributed by atoms with E-state index in [1.54, 1.807) is 0 Å². The van der Waals surface area contributed by atoms with Crippen molar-refractivity contribution in [2.45, 2.75) is 13.5 Å². The Bertz CT molecular complexity index is 723. The van der Waals surface area contributed by atoms with Gasteiger partial charge in [0.2, 0.25) is 0 Å². The summed E-state index contributed by atoms with van der Waals surface area (Å²) in [4.78, 5) is 0. The maximum Gasteiger partial charge on any atom is 0.0511 e. The highest BCUT2D eigenvalue weighted by molar-refractivity contribution is 6.31. The van der Waals surface area contributed by atoms with Gasteiger partial charge < -0.3 is 10.3 Å². The van der Waals surface area contributed by atoms with Crippen molar-refractivity contribution in [3.8, 4) is 0 Å². The molecule has 1 heterocycles. The van der Waals surface area contributed by atoms with E-state index in [0.29, 0.717) is 6.54 Å². The first kappa shape index (κ1) is 12.1. The standard InChI is InChI=1S/C16H15ClN2/c1-11-4-2-7-16-12(11)8-9-19(16)10-13-14(17)5-3-6-15(13)18/h2-9H,10,18H2,1H3. The molecule has 0 aliphatic heterocycles. The van der Waals surface area contributed by atoms with E-state index < -0.39 is 0 Å². The molecule has 19 heavy (non-hydrogen) atoms. The van der Waals surface area contributed by atoms with E-state index in [1.165, 1.54) is 16.5 Å². The summed E-state index contributed by atoms with van der Waals surface area (Å²) in [6.45, 7) is 2.81. The predicted octanol–water partition coefficient (Wildman–Crippen LogP) is 4.23. The summed E-state index contributed by atoms with van der Waals surface area (Å²) in [6, 6.07) is 14.1. The fourth-order valence-electron chi connectivity index (χ4n) is 2.43. The van der Waals surface area contributed by atoms with Crippen LogP contribution in [-0.2, 0) is 6.54 Å². The summed E-state index contributed by atoms with van der Waals surface area (Å²) < 4.78 is 2.18. The van der Waals surface area contributed by atoms with Crippen LogP contribution >= 0.6 is 11.6 Å². The molecule has 0 saturated heterocycles. The molecular weight excluding hydrogens is 256 g/mol. The Kier molecular flexibility index (Phi) is 2.96. The van der Waals surface area contributed by atoms with Crippen LogP contribution in [0, 0.1) is 6.92 Å². The van der Waals surface area contributed by atoms with E-state index in [0.717, 1.165) is 16.3 Å². The second-order valence-electron chi connectivity index (χ2n) is 4.76. The second-order valence-corrected chi connectivity index (χ2v) is 5.17. The molecule has 2 N–H and O–H groups in total. The number of nitrogens with zero attached hydrogens (tertiary/aromatic N) is 1. The van der Waals surface area contributed by atoms with Crippen molar-refractivity contribution in [2.75, 3.05) is 5.73 Å². The maximum absolute atomic E-state index is 6.24. The Hall–Kier alpha value is -1.93. The quantitative estimate of drug-likeness (QED) is 0.694. The monoisotopic (exact) mass is 270 g/mol. The molecule has 0 aliphatic rings. The van der Waals surface area contributed by atoms with Crippen LogP contribution in [0.25, 0.3) is 10.9 Å². The number of hydrogen-bond acceptors (Lipinski definition) is 1. The molecule has 1 aromatic heterocycles. The van der Waals surface area contributed by atoms with E-state index in [1.807, 2.05) is 18.2 Å². The van der Waals surface area contributed by atoms with Gasteiger partial charge in [0.1, 0.15) is 0 Å². The summed E-state index contributed by atoms with van der Waals surface area (Å²) in [6.07, 6.45) is 2.08. The molecule has 96 valence electrons. The first-order valence-electron chi connectivity index (χ1n) is 6.24. The third kappa shape index (κ3) is 2.08. The van der Waals surface area contributed by atoms with Crippen LogP contribution in [0.3, 0.4) is 0 Å². The molecular formula is C16H15ClN2. The summed E-state index contributed by atoms with van der Waals surface area (Å²) in [5.41, 5.74) is 10.2. The Balaban J connectivity index is 2.09. The molecule has 3 heteroatoms. The second kappa shape index (κ2) is 4.63. The zero-order valence-corrected chi connectivity index (χ0v) is 11.5. The highest BCUT2D eigenvalue weighted by atomic mass is 35.5. The van der Waals surface area contributed by atoms with Crippen molar-refractivity contribution >= 4 is 28.2 Å². The minimum absolute atomic E-state index is 0.693. The van der Waals surface area contributed by atoms with Gasteiger partial charge in [-0.05, 0) is 36.8 Å². The van der Waals surface area contributed by atoms with Gasteiger partial charge in [-0.25, -0.2) is 0 Å². The smallest absolute Gasteiger partial charge is 0.0511 e. The minimum Gasteiger partial charge on any atom is -0.398 e. The van der Waals surface area contributed by atoms with Gasteiger partial charge in [-0.1, -0.05) is 29.8 Å². The highest BCUT2D eigenvalue weighted by Gasteiger charge is 2.08. The summed E-state index contributed by atoms with van der Waals surface area (Å²) in [7, 11) is 0. The Labute approximate surface area is 117 Å². The van der Waals surface area contributed by atoms with Crippen LogP contribution in [0.1, 0.15) is 11.1 Å². The summed E-state index contributed by atoms with van der Waals surface area (Å²) in [5.74, 6) is 0. The van der Waals surface area contributed by atoms with Gasteiger partial charge in [0.05, 0.1) is 6.54 Å². The van der Waals surface area contributed by atoms with E-state index >= 15 is 0 Å². The van der Waals surface area contributed by atoms with Crippen molar-refractivity contribution in [2.24, 2.45) is 0 Å². The average molecular weight is 271 g/mol. The lowest BCUT2D eigenvalue weighted by Gasteiger charge is -2.10. The van der Waals surface area contributed by atoms with E-state index in [4.69, 9.17) is 17.3 Å². The van der Waals surface area contributed by atoms with Gasteiger partial charge in [0, 0.05) is 33.4 Å². The lowest BCUT2D eigenvalue weighted by atomic mass is 10.1. The number of hydrogen-bond donors (Lipinski definition) is 1.